The van der Waals surface area contributed by atoms with Gasteiger partial charge in [0.1, 0.15) is 0 Å². The number of primary amides is 1. The number of amides is 3. The highest BCUT2D eigenvalue weighted by Gasteiger charge is 2.36. The van der Waals surface area contributed by atoms with E-state index >= 15 is 0 Å². The van der Waals surface area contributed by atoms with Gasteiger partial charge in [-0.3, -0.25) is 14.4 Å². The van der Waals surface area contributed by atoms with Crippen LogP contribution in [0, 0.1) is 17.8 Å². The number of benzene rings is 2. The second kappa shape index (κ2) is 13.6. The smallest absolute Gasteiger partial charge is 0.272 e. The highest BCUT2D eigenvalue weighted by Crippen LogP contribution is 2.29. The average molecular weight is 493 g/mol. The molecule has 0 radical (unpaired) electrons. The molecule has 0 unspecified atom stereocenters. The number of likely N-dealkylation sites (N-methyl/N-ethyl adjacent to an activating group) is 1. The first-order valence-electron chi connectivity index (χ1n) is 12.8. The molecule has 3 amide bonds. The number of anilines is 1. The summed E-state index contributed by atoms with van der Waals surface area (Å²) in [5.74, 6) is -2.26. The zero-order chi connectivity index (χ0) is 26.8. The van der Waals surface area contributed by atoms with Crippen molar-refractivity contribution in [2.45, 2.75) is 60.0 Å². The SMILES string of the molecule is CC.CCC[C@H](C(N)=O)[C@@H](CC(C)C)C(=O)N[C@H]1N=C(c2ccccc2)c2ccccc2N(C)C1=O. The number of nitrogens with one attached hydrogen (secondary N) is 1. The summed E-state index contributed by atoms with van der Waals surface area (Å²) in [5, 5.41) is 2.85. The zero-order valence-electron chi connectivity index (χ0n) is 22.3. The van der Waals surface area contributed by atoms with Gasteiger partial charge >= 0.3 is 0 Å². The van der Waals surface area contributed by atoms with Crippen molar-refractivity contribution in [1.82, 2.24) is 5.32 Å². The third kappa shape index (κ3) is 6.80. The maximum atomic E-state index is 13.5. The Balaban J connectivity index is 0.00000222. The number of rotatable bonds is 9. The summed E-state index contributed by atoms with van der Waals surface area (Å²) in [7, 11) is 1.68. The van der Waals surface area contributed by atoms with E-state index in [0.29, 0.717) is 24.2 Å². The van der Waals surface area contributed by atoms with Crippen molar-refractivity contribution in [2.24, 2.45) is 28.5 Å². The van der Waals surface area contributed by atoms with Crippen molar-refractivity contribution in [3.63, 3.8) is 0 Å². The van der Waals surface area contributed by atoms with Crippen LogP contribution in [-0.2, 0) is 14.4 Å². The van der Waals surface area contributed by atoms with Crippen molar-refractivity contribution in [1.29, 1.82) is 0 Å². The van der Waals surface area contributed by atoms with Crippen molar-refractivity contribution < 1.29 is 14.4 Å². The van der Waals surface area contributed by atoms with E-state index in [1.807, 2.05) is 89.2 Å². The first kappa shape index (κ1) is 28.8. The van der Waals surface area contributed by atoms with Crippen LogP contribution in [0.2, 0.25) is 0 Å². The molecule has 36 heavy (non-hydrogen) atoms. The predicted molar refractivity (Wildman–Crippen MR) is 146 cm³/mol. The molecule has 3 atom stereocenters. The summed E-state index contributed by atoms with van der Waals surface area (Å²) in [6.45, 7) is 9.95. The molecule has 7 nitrogen and oxygen atoms in total. The number of hydrogen-bond donors (Lipinski definition) is 2. The molecule has 7 heteroatoms. The average Bonchev–Trinajstić information content (AvgIpc) is 2.98. The number of nitrogens with two attached hydrogens (primary N) is 1. The molecular formula is C29H40N4O3. The quantitative estimate of drug-likeness (QED) is 0.537. The van der Waals surface area contributed by atoms with Crippen molar-refractivity contribution in [3.8, 4) is 0 Å². The number of aliphatic imine (C=N–C) groups is 1. The Morgan fingerprint density at radius 3 is 2.22 bits per heavy atom. The van der Waals surface area contributed by atoms with Crippen LogP contribution >= 0.6 is 0 Å². The minimum absolute atomic E-state index is 0.176. The number of para-hydroxylation sites is 1. The lowest BCUT2D eigenvalue weighted by Crippen LogP contribution is -2.50. The highest BCUT2D eigenvalue weighted by atomic mass is 16.2. The minimum Gasteiger partial charge on any atom is -0.369 e. The molecule has 2 aromatic carbocycles. The lowest BCUT2D eigenvalue weighted by Gasteiger charge is -2.27. The Hall–Kier alpha value is -3.48. The number of benzodiazepines with no additional fused rings is 1. The predicted octanol–water partition coefficient (Wildman–Crippen LogP) is 4.53. The lowest BCUT2D eigenvalue weighted by molar-refractivity contribution is -0.136. The van der Waals surface area contributed by atoms with Crippen molar-refractivity contribution in [2.75, 3.05) is 11.9 Å². The van der Waals surface area contributed by atoms with Crippen LogP contribution in [0.5, 0.6) is 0 Å². The van der Waals surface area contributed by atoms with Gasteiger partial charge in [0, 0.05) is 30.0 Å². The minimum atomic E-state index is -1.12. The summed E-state index contributed by atoms with van der Waals surface area (Å²) >= 11 is 0. The van der Waals surface area contributed by atoms with Gasteiger partial charge in [-0.05, 0) is 24.8 Å². The van der Waals surface area contributed by atoms with E-state index in [-0.39, 0.29) is 17.7 Å². The van der Waals surface area contributed by atoms with Crippen LogP contribution < -0.4 is 16.0 Å². The van der Waals surface area contributed by atoms with Gasteiger partial charge in [0.2, 0.25) is 18.0 Å². The number of fused-ring (bicyclic) bond motifs is 1. The summed E-state index contributed by atoms with van der Waals surface area (Å²) < 4.78 is 0. The van der Waals surface area contributed by atoms with E-state index in [4.69, 9.17) is 10.7 Å². The largest absolute Gasteiger partial charge is 0.369 e. The monoisotopic (exact) mass is 492 g/mol. The molecule has 194 valence electrons. The number of nitrogens with zero attached hydrogens (tertiary/aromatic N) is 2. The number of hydrogen-bond acceptors (Lipinski definition) is 4. The molecule has 0 bridgehead atoms. The second-order valence-corrected chi connectivity index (χ2v) is 9.20. The molecule has 3 rings (SSSR count). The Kier molecular flexibility index (Phi) is 10.8. The van der Waals surface area contributed by atoms with Gasteiger partial charge in [-0.1, -0.05) is 89.6 Å². The van der Waals surface area contributed by atoms with Gasteiger partial charge in [-0.15, -0.1) is 0 Å². The Morgan fingerprint density at radius 1 is 1.03 bits per heavy atom. The van der Waals surface area contributed by atoms with E-state index in [1.165, 1.54) is 4.90 Å². The molecule has 0 fully saturated rings. The molecule has 0 saturated carbocycles. The van der Waals surface area contributed by atoms with Crippen LogP contribution in [0.4, 0.5) is 5.69 Å². The van der Waals surface area contributed by atoms with Crippen molar-refractivity contribution in [3.05, 3.63) is 65.7 Å². The van der Waals surface area contributed by atoms with Crippen LogP contribution in [0.15, 0.2) is 59.6 Å². The number of carbonyl (C=O) groups is 3. The van der Waals surface area contributed by atoms with Crippen LogP contribution in [-0.4, -0.2) is 36.6 Å². The standard InChI is InChI=1S/C27H34N4O3.C2H6/c1-5-11-19(24(28)32)21(16-17(2)3)26(33)30-25-27(34)31(4)22-15-10-9-14-20(22)23(29-25)18-12-7-6-8-13-18;1-2/h6-10,12-15,17,19,21,25H,5,11,16H2,1-4H3,(H2,28,32)(H,30,33);1-2H3/t19-,21+,25+;/m0./s1. The maximum Gasteiger partial charge on any atom is 0.272 e. The maximum absolute atomic E-state index is 13.5. The molecule has 1 heterocycles. The van der Waals surface area contributed by atoms with Gasteiger partial charge in [0.15, 0.2) is 0 Å². The summed E-state index contributed by atoms with van der Waals surface area (Å²) in [5.41, 5.74) is 8.67. The van der Waals surface area contributed by atoms with E-state index in [1.54, 1.807) is 7.05 Å². The fraction of sp³-hybridized carbons (Fsp3) is 0.448. The zero-order valence-corrected chi connectivity index (χ0v) is 22.3. The van der Waals surface area contributed by atoms with Gasteiger partial charge in [-0.2, -0.15) is 0 Å². The molecule has 0 aromatic heterocycles. The highest BCUT2D eigenvalue weighted by molar-refractivity contribution is 6.20. The van der Waals surface area contributed by atoms with Crippen LogP contribution in [0.25, 0.3) is 0 Å². The molecule has 0 spiro atoms. The first-order valence-corrected chi connectivity index (χ1v) is 12.8. The van der Waals surface area contributed by atoms with Gasteiger partial charge in [0.25, 0.3) is 5.91 Å². The molecular weight excluding hydrogens is 452 g/mol. The molecule has 3 N–H and O–H groups in total. The fourth-order valence-electron chi connectivity index (χ4n) is 4.50. The molecule has 2 aromatic rings. The van der Waals surface area contributed by atoms with E-state index in [0.717, 1.165) is 17.5 Å². The Labute approximate surface area is 215 Å². The first-order chi connectivity index (χ1) is 17.2. The normalized spacial score (nSPS) is 16.6. The van der Waals surface area contributed by atoms with Crippen LogP contribution in [0.1, 0.15) is 65.0 Å². The lowest BCUT2D eigenvalue weighted by atomic mass is 9.81. The second-order valence-electron chi connectivity index (χ2n) is 9.20. The molecule has 1 aliphatic heterocycles. The third-order valence-corrected chi connectivity index (χ3v) is 6.18. The fourth-order valence-corrected chi connectivity index (χ4v) is 4.50. The summed E-state index contributed by atoms with van der Waals surface area (Å²) in [6.07, 6.45) is 0.616. The Morgan fingerprint density at radius 2 is 1.64 bits per heavy atom. The molecule has 0 aliphatic carbocycles. The Bertz CT molecular complexity index is 1070. The molecule has 1 aliphatic rings. The van der Waals surface area contributed by atoms with Crippen molar-refractivity contribution >= 4 is 29.1 Å². The van der Waals surface area contributed by atoms with Gasteiger partial charge in [-0.25, -0.2) is 4.99 Å². The topological polar surface area (TPSA) is 105 Å². The van der Waals surface area contributed by atoms with Gasteiger partial charge in [0.05, 0.1) is 11.4 Å². The van der Waals surface area contributed by atoms with E-state index in [9.17, 15) is 14.4 Å². The summed E-state index contributed by atoms with van der Waals surface area (Å²) in [4.78, 5) is 45.4. The van der Waals surface area contributed by atoms with Gasteiger partial charge < -0.3 is 16.0 Å². The van der Waals surface area contributed by atoms with Crippen LogP contribution in [0.3, 0.4) is 0 Å². The third-order valence-electron chi connectivity index (χ3n) is 6.18. The summed E-state index contributed by atoms with van der Waals surface area (Å²) in [6, 6.07) is 17.1. The number of carbonyl (C=O) groups excluding carboxylic acids is 3. The molecule has 0 saturated heterocycles. The van der Waals surface area contributed by atoms with E-state index < -0.39 is 23.9 Å². The van der Waals surface area contributed by atoms with E-state index in [2.05, 4.69) is 5.32 Å².